The second-order valence-electron chi connectivity index (χ2n) is 6.16. The first-order valence-corrected chi connectivity index (χ1v) is 8.12. The molecule has 1 aliphatic carbocycles. The second kappa shape index (κ2) is 7.17. The molecule has 1 saturated carbocycles. The Bertz CT molecular complexity index is 758. The number of carbonyl (C=O) groups is 1. The highest BCUT2D eigenvalue weighted by Gasteiger charge is 2.42. The number of hydrogen-bond acceptors (Lipinski definition) is 2. The Kier molecular flexibility index (Phi) is 4.97. The molecule has 3 rings (SSSR count). The van der Waals surface area contributed by atoms with Gasteiger partial charge in [0.2, 0.25) is 5.91 Å². The molecule has 0 radical (unpaired) electrons. The molecule has 0 spiro atoms. The first-order chi connectivity index (χ1) is 12.0. The Morgan fingerprint density at radius 3 is 2.48 bits per heavy atom. The topological polar surface area (TPSA) is 38.3 Å². The molecule has 2 aromatic carbocycles. The summed E-state index contributed by atoms with van der Waals surface area (Å²) in [7, 11) is 0. The zero-order valence-electron chi connectivity index (χ0n) is 13.5. The highest BCUT2D eigenvalue weighted by Crippen LogP contribution is 2.42. The van der Waals surface area contributed by atoms with Gasteiger partial charge >= 0.3 is 6.61 Å². The molecule has 25 heavy (non-hydrogen) atoms. The van der Waals surface area contributed by atoms with Gasteiger partial charge in [0.25, 0.3) is 0 Å². The number of rotatable bonds is 5. The molecule has 132 valence electrons. The van der Waals surface area contributed by atoms with Gasteiger partial charge in [-0.3, -0.25) is 4.79 Å². The van der Waals surface area contributed by atoms with Crippen molar-refractivity contribution in [1.82, 2.24) is 0 Å². The fourth-order valence-corrected chi connectivity index (χ4v) is 3.41. The van der Waals surface area contributed by atoms with E-state index in [-0.39, 0.29) is 17.5 Å². The van der Waals surface area contributed by atoms with Crippen molar-refractivity contribution in [3.05, 3.63) is 59.9 Å². The van der Waals surface area contributed by atoms with Crippen LogP contribution in [-0.2, 0) is 10.2 Å². The molecule has 3 nitrogen and oxygen atoms in total. The number of carbonyl (C=O) groups excluding carboxylic acids is 1. The maximum Gasteiger partial charge on any atom is 0.387 e. The minimum atomic E-state index is -2.93. The Balaban J connectivity index is 1.85. The van der Waals surface area contributed by atoms with Gasteiger partial charge in [0.1, 0.15) is 11.6 Å². The van der Waals surface area contributed by atoms with Gasteiger partial charge in [-0.1, -0.05) is 31.0 Å². The average Bonchev–Trinajstić information content (AvgIpc) is 3.05. The van der Waals surface area contributed by atoms with E-state index >= 15 is 0 Å². The minimum Gasteiger partial charge on any atom is -0.435 e. The summed E-state index contributed by atoms with van der Waals surface area (Å²) in [5.41, 5.74) is 0.204. The molecule has 0 bridgehead atoms. The van der Waals surface area contributed by atoms with Crippen molar-refractivity contribution in [1.29, 1.82) is 0 Å². The van der Waals surface area contributed by atoms with E-state index in [4.69, 9.17) is 0 Å². The van der Waals surface area contributed by atoms with Crippen LogP contribution in [0.25, 0.3) is 0 Å². The molecule has 6 heteroatoms. The second-order valence-corrected chi connectivity index (χ2v) is 6.16. The number of nitrogens with one attached hydrogen (secondary N) is 1. The predicted molar refractivity (Wildman–Crippen MR) is 88.2 cm³/mol. The van der Waals surface area contributed by atoms with Crippen molar-refractivity contribution >= 4 is 11.6 Å². The number of hydrogen-bond donors (Lipinski definition) is 1. The third-order valence-electron chi connectivity index (χ3n) is 4.59. The molecular weight excluding hydrogens is 331 g/mol. The molecule has 0 aromatic heterocycles. The first kappa shape index (κ1) is 17.3. The van der Waals surface area contributed by atoms with Gasteiger partial charge in [-0.15, -0.1) is 0 Å². The van der Waals surface area contributed by atoms with Crippen LogP contribution in [0, 0.1) is 5.82 Å². The van der Waals surface area contributed by atoms with Gasteiger partial charge in [0.15, 0.2) is 0 Å². The molecule has 1 N–H and O–H groups in total. The zero-order valence-corrected chi connectivity index (χ0v) is 13.5. The standard InChI is InChI=1S/C19H18F3NO2/c20-14-6-3-5-13(11-14)19(9-1-2-10-19)17(24)23-15-7-4-8-16(12-15)25-18(21)22/h3-8,11-12,18H,1-2,9-10H2,(H,23,24). The third kappa shape index (κ3) is 3.78. The maximum absolute atomic E-state index is 13.6. The van der Waals surface area contributed by atoms with Gasteiger partial charge in [0.05, 0.1) is 5.41 Å². The molecule has 1 fully saturated rings. The van der Waals surface area contributed by atoms with E-state index < -0.39 is 12.0 Å². The van der Waals surface area contributed by atoms with Gasteiger partial charge in [-0.05, 0) is 42.7 Å². The summed E-state index contributed by atoms with van der Waals surface area (Å²) >= 11 is 0. The molecule has 1 aliphatic rings. The average molecular weight is 349 g/mol. The summed E-state index contributed by atoms with van der Waals surface area (Å²) in [6.07, 6.45) is 2.99. The van der Waals surface area contributed by atoms with Gasteiger partial charge in [0, 0.05) is 11.8 Å². The van der Waals surface area contributed by atoms with Crippen molar-refractivity contribution in [3.63, 3.8) is 0 Å². The van der Waals surface area contributed by atoms with E-state index in [9.17, 15) is 18.0 Å². The van der Waals surface area contributed by atoms with Crippen molar-refractivity contribution in [2.75, 3.05) is 5.32 Å². The van der Waals surface area contributed by atoms with Crippen LogP contribution in [0.3, 0.4) is 0 Å². The highest BCUT2D eigenvalue weighted by molar-refractivity contribution is 5.99. The van der Waals surface area contributed by atoms with Crippen LogP contribution in [0.15, 0.2) is 48.5 Å². The monoisotopic (exact) mass is 349 g/mol. The molecule has 0 heterocycles. The molecule has 0 saturated heterocycles. The van der Waals surface area contributed by atoms with Crippen LogP contribution in [0.5, 0.6) is 5.75 Å². The number of amides is 1. The number of benzene rings is 2. The first-order valence-electron chi connectivity index (χ1n) is 8.12. The van der Waals surface area contributed by atoms with Crippen LogP contribution in [0.1, 0.15) is 31.2 Å². The van der Waals surface area contributed by atoms with E-state index in [1.807, 2.05) is 0 Å². The van der Waals surface area contributed by atoms with Gasteiger partial charge in [-0.2, -0.15) is 8.78 Å². The Labute approximate surface area is 143 Å². The molecule has 1 amide bonds. The fraction of sp³-hybridized carbons (Fsp3) is 0.316. The molecule has 0 atom stereocenters. The molecule has 0 aliphatic heterocycles. The van der Waals surface area contributed by atoms with Crippen LogP contribution in [-0.4, -0.2) is 12.5 Å². The Morgan fingerprint density at radius 2 is 1.80 bits per heavy atom. The zero-order chi connectivity index (χ0) is 17.9. The lowest BCUT2D eigenvalue weighted by Crippen LogP contribution is -2.38. The van der Waals surface area contributed by atoms with Crippen molar-refractivity contribution in [2.24, 2.45) is 0 Å². The number of halogens is 3. The van der Waals surface area contributed by atoms with Crippen molar-refractivity contribution in [3.8, 4) is 5.75 Å². The fourth-order valence-electron chi connectivity index (χ4n) is 3.41. The summed E-state index contributed by atoms with van der Waals surface area (Å²) < 4.78 is 42.7. The lowest BCUT2D eigenvalue weighted by Gasteiger charge is -2.28. The summed E-state index contributed by atoms with van der Waals surface area (Å²) in [5, 5.41) is 2.77. The summed E-state index contributed by atoms with van der Waals surface area (Å²) in [6.45, 7) is -2.93. The predicted octanol–water partition coefficient (Wildman–Crippen LogP) is 4.88. The van der Waals surface area contributed by atoms with Crippen LogP contribution < -0.4 is 10.1 Å². The Hall–Kier alpha value is -2.50. The van der Waals surface area contributed by atoms with Crippen molar-refractivity contribution < 1.29 is 22.7 Å². The minimum absolute atomic E-state index is 0.0287. The molecular formula is C19H18F3NO2. The van der Waals surface area contributed by atoms with Gasteiger partial charge < -0.3 is 10.1 Å². The smallest absolute Gasteiger partial charge is 0.387 e. The quantitative estimate of drug-likeness (QED) is 0.836. The van der Waals surface area contributed by atoms with E-state index in [1.165, 1.54) is 30.3 Å². The lowest BCUT2D eigenvalue weighted by atomic mass is 9.78. The largest absolute Gasteiger partial charge is 0.435 e. The maximum atomic E-state index is 13.6. The van der Waals surface area contributed by atoms with E-state index in [0.717, 1.165) is 12.8 Å². The Morgan fingerprint density at radius 1 is 1.08 bits per heavy atom. The molecule has 2 aromatic rings. The number of anilines is 1. The van der Waals surface area contributed by atoms with E-state index in [2.05, 4.69) is 10.1 Å². The van der Waals surface area contributed by atoms with E-state index in [1.54, 1.807) is 18.2 Å². The summed E-state index contributed by atoms with van der Waals surface area (Å²) in [5.74, 6) is -0.673. The lowest BCUT2D eigenvalue weighted by molar-refractivity contribution is -0.121. The van der Waals surface area contributed by atoms with E-state index in [0.29, 0.717) is 24.1 Å². The van der Waals surface area contributed by atoms with Crippen LogP contribution in [0.4, 0.5) is 18.9 Å². The van der Waals surface area contributed by atoms with Crippen molar-refractivity contribution in [2.45, 2.75) is 37.7 Å². The SMILES string of the molecule is O=C(Nc1cccc(OC(F)F)c1)C1(c2cccc(F)c2)CCCC1. The van der Waals surface area contributed by atoms with Crippen LogP contribution in [0.2, 0.25) is 0 Å². The van der Waals surface area contributed by atoms with Crippen LogP contribution >= 0.6 is 0 Å². The molecule has 0 unspecified atom stereocenters. The summed E-state index contributed by atoms with van der Waals surface area (Å²) in [6, 6.07) is 11.9. The highest BCUT2D eigenvalue weighted by atomic mass is 19.3. The number of ether oxygens (including phenoxy) is 1. The normalized spacial score (nSPS) is 16.0. The van der Waals surface area contributed by atoms with Gasteiger partial charge in [-0.25, -0.2) is 4.39 Å². The summed E-state index contributed by atoms with van der Waals surface area (Å²) in [4.78, 5) is 13.0. The third-order valence-corrected chi connectivity index (χ3v) is 4.59. The number of alkyl halides is 2.